The first kappa shape index (κ1) is 75.0. The molecule has 0 saturated heterocycles. The summed E-state index contributed by atoms with van der Waals surface area (Å²) in [6.07, 6.45) is 80.5. The molecule has 0 aliphatic rings. The highest BCUT2D eigenvalue weighted by Gasteiger charge is 2.28. The molecule has 0 heterocycles. The van der Waals surface area contributed by atoms with Crippen LogP contribution in [0.3, 0.4) is 0 Å². The molecule has 4 atom stereocenters. The Morgan fingerprint density at radius 3 is 0.763 bits per heavy atom. The molecule has 0 rings (SSSR count). The highest BCUT2D eigenvalue weighted by atomic mass is 16.3. The fourth-order valence-electron chi connectivity index (χ4n) is 11.5. The van der Waals surface area contributed by atoms with Gasteiger partial charge in [-0.3, -0.25) is 4.79 Å². The molecule has 0 aliphatic heterocycles. The van der Waals surface area contributed by atoms with Crippen LogP contribution in [0, 0.1) is 0 Å². The second-order valence-corrected chi connectivity index (χ2v) is 24.6. The third kappa shape index (κ3) is 57.7. The number of carbonyl (C=O) groups excluding carboxylic acids is 1. The van der Waals surface area contributed by atoms with E-state index < -0.39 is 36.9 Å². The van der Waals surface area contributed by atoms with Crippen LogP contribution >= 0.6 is 0 Å². The minimum absolute atomic E-state index is 0.374. The molecule has 0 aromatic carbocycles. The largest absolute Gasteiger partial charge is 0.394 e. The predicted octanol–water partition coefficient (Wildman–Crippen LogP) is 21.5. The number of carbonyl (C=O) groups is 1. The Balaban J connectivity index is 3.52. The monoisotopic (exact) mass is 1070 g/mol. The van der Waals surface area contributed by atoms with E-state index in [-0.39, 0.29) is 0 Å². The highest BCUT2D eigenvalue weighted by molar-refractivity contribution is 5.80. The summed E-state index contributed by atoms with van der Waals surface area (Å²) in [6.45, 7) is 4.12. The molecular weight excluding hydrogens is 935 g/mol. The third-order valence-corrected chi connectivity index (χ3v) is 17.0. The van der Waals surface area contributed by atoms with Crippen molar-refractivity contribution in [3.8, 4) is 0 Å². The van der Waals surface area contributed by atoms with Gasteiger partial charge in [0, 0.05) is 0 Å². The first-order valence-corrected chi connectivity index (χ1v) is 35.1. The molecule has 0 aliphatic carbocycles. The van der Waals surface area contributed by atoms with Crippen molar-refractivity contribution in [2.45, 2.75) is 423 Å². The lowest BCUT2D eigenvalue weighted by Gasteiger charge is -2.27. The lowest BCUT2D eigenvalue weighted by atomic mass is 9.99. The van der Waals surface area contributed by atoms with Crippen LogP contribution in [-0.4, -0.2) is 57.3 Å². The van der Waals surface area contributed by atoms with Crippen molar-refractivity contribution in [2.75, 3.05) is 6.61 Å². The summed E-state index contributed by atoms with van der Waals surface area (Å²) in [5.74, 6) is -0.575. The van der Waals surface area contributed by atoms with Crippen LogP contribution in [0.5, 0.6) is 0 Å². The van der Waals surface area contributed by atoms with E-state index in [4.69, 9.17) is 0 Å². The zero-order chi connectivity index (χ0) is 55.1. The van der Waals surface area contributed by atoms with Crippen molar-refractivity contribution in [2.24, 2.45) is 0 Å². The van der Waals surface area contributed by atoms with Crippen LogP contribution in [0.15, 0.2) is 12.2 Å². The van der Waals surface area contributed by atoms with E-state index in [2.05, 4.69) is 31.3 Å². The first-order valence-electron chi connectivity index (χ1n) is 35.1. The Morgan fingerprint density at radius 2 is 0.526 bits per heavy atom. The molecule has 0 saturated carbocycles. The summed E-state index contributed by atoms with van der Waals surface area (Å²) in [4.78, 5) is 12.7. The molecule has 0 spiro atoms. The lowest BCUT2D eigenvalue weighted by Crippen LogP contribution is -2.53. The number of allylic oxidation sites excluding steroid dienone is 2. The van der Waals surface area contributed by atoms with Gasteiger partial charge in [0.15, 0.2) is 0 Å². The van der Waals surface area contributed by atoms with Gasteiger partial charge in [0.25, 0.3) is 0 Å². The van der Waals surface area contributed by atoms with Gasteiger partial charge >= 0.3 is 0 Å². The second kappa shape index (κ2) is 64.9. The number of aliphatic hydroxyl groups is 4. The molecule has 4 unspecified atom stereocenters. The Labute approximate surface area is 476 Å². The SMILES string of the molecule is CCCCCCCCCCCCCC/C=C\CCCCCCCCCCCCCCCCCC(O)C(=O)NC(CO)C(O)C(O)CCCCCCCCCCCCCCCCCCCCCCCCCCCCCCC. The van der Waals surface area contributed by atoms with Crippen molar-refractivity contribution in [3.05, 3.63) is 12.2 Å². The van der Waals surface area contributed by atoms with Crippen LogP contribution in [0.25, 0.3) is 0 Å². The lowest BCUT2D eigenvalue weighted by molar-refractivity contribution is -0.132. The van der Waals surface area contributed by atoms with Crippen LogP contribution in [-0.2, 0) is 4.79 Å². The number of hydrogen-bond donors (Lipinski definition) is 5. The van der Waals surface area contributed by atoms with E-state index in [0.29, 0.717) is 12.8 Å². The maximum Gasteiger partial charge on any atom is 0.249 e. The van der Waals surface area contributed by atoms with Crippen molar-refractivity contribution < 1.29 is 25.2 Å². The van der Waals surface area contributed by atoms with Gasteiger partial charge in [0.05, 0.1) is 18.8 Å². The minimum atomic E-state index is -1.26. The summed E-state index contributed by atoms with van der Waals surface area (Å²) < 4.78 is 0. The van der Waals surface area contributed by atoms with Crippen LogP contribution in [0.4, 0.5) is 0 Å². The van der Waals surface area contributed by atoms with Crippen LogP contribution in [0.2, 0.25) is 0 Å². The van der Waals surface area contributed by atoms with Crippen molar-refractivity contribution in [1.82, 2.24) is 5.32 Å². The van der Waals surface area contributed by atoms with E-state index in [1.165, 1.54) is 334 Å². The zero-order valence-electron chi connectivity index (χ0n) is 51.8. The van der Waals surface area contributed by atoms with Crippen LogP contribution < -0.4 is 5.32 Å². The topological polar surface area (TPSA) is 110 Å². The van der Waals surface area contributed by atoms with E-state index in [1.54, 1.807) is 0 Å². The Kier molecular flexibility index (Phi) is 64.1. The standard InChI is InChI=1S/C70H139NO5/c1-3-5-7-9-11-13-15-17-19-21-23-25-27-29-31-33-34-36-38-40-42-44-46-48-50-52-54-56-58-60-62-64-68(74)70(76)71-66(65-72)69(75)67(73)63-61-59-57-55-53-51-49-47-45-43-41-39-37-35-32-30-28-26-24-22-20-18-16-14-12-10-8-6-4-2/h29,31,66-69,72-75H,3-28,30,32-65H2,1-2H3,(H,71,76)/b31-29-. The second-order valence-electron chi connectivity index (χ2n) is 24.6. The Morgan fingerprint density at radius 1 is 0.316 bits per heavy atom. The number of hydrogen-bond acceptors (Lipinski definition) is 5. The quantitative estimate of drug-likeness (QED) is 0.0308. The van der Waals surface area contributed by atoms with Gasteiger partial charge in [-0.2, -0.15) is 0 Å². The van der Waals surface area contributed by atoms with E-state index in [1.807, 2.05) is 0 Å². The maximum absolute atomic E-state index is 12.7. The van der Waals surface area contributed by atoms with Crippen molar-refractivity contribution in [1.29, 1.82) is 0 Å². The van der Waals surface area contributed by atoms with Crippen molar-refractivity contribution in [3.63, 3.8) is 0 Å². The molecule has 5 N–H and O–H groups in total. The van der Waals surface area contributed by atoms with Gasteiger partial charge in [-0.25, -0.2) is 0 Å². The van der Waals surface area contributed by atoms with E-state index in [0.717, 1.165) is 38.5 Å². The number of rotatable bonds is 66. The molecule has 454 valence electrons. The molecule has 76 heavy (non-hydrogen) atoms. The molecular formula is C70H139NO5. The third-order valence-electron chi connectivity index (χ3n) is 17.0. The molecule has 0 bridgehead atoms. The van der Waals surface area contributed by atoms with Gasteiger partial charge in [-0.1, -0.05) is 373 Å². The number of unbranched alkanes of at least 4 members (excludes halogenated alkanes) is 55. The molecule has 1 amide bonds. The summed E-state index contributed by atoms with van der Waals surface area (Å²) in [7, 11) is 0. The fraction of sp³-hybridized carbons (Fsp3) is 0.957. The molecule has 6 heteroatoms. The zero-order valence-corrected chi connectivity index (χ0v) is 51.8. The average molecular weight is 1070 g/mol. The smallest absolute Gasteiger partial charge is 0.249 e. The molecule has 0 aromatic heterocycles. The average Bonchev–Trinajstić information content (AvgIpc) is 3.42. The predicted molar refractivity (Wildman–Crippen MR) is 335 cm³/mol. The van der Waals surface area contributed by atoms with E-state index >= 15 is 0 Å². The number of aliphatic hydroxyl groups excluding tert-OH is 4. The highest BCUT2D eigenvalue weighted by Crippen LogP contribution is 2.20. The summed E-state index contributed by atoms with van der Waals surface area (Å²) in [5.41, 5.74) is 0. The normalized spacial score (nSPS) is 13.5. The van der Waals surface area contributed by atoms with Crippen LogP contribution in [0.1, 0.15) is 399 Å². The van der Waals surface area contributed by atoms with Gasteiger partial charge < -0.3 is 25.7 Å². The van der Waals surface area contributed by atoms with Gasteiger partial charge in [0.2, 0.25) is 5.91 Å². The summed E-state index contributed by atoms with van der Waals surface area (Å²) in [6, 6.07) is -0.984. The van der Waals surface area contributed by atoms with Gasteiger partial charge in [0.1, 0.15) is 12.2 Å². The number of amides is 1. The molecule has 0 fully saturated rings. The molecule has 0 aromatic rings. The van der Waals surface area contributed by atoms with Gasteiger partial charge in [-0.15, -0.1) is 0 Å². The minimum Gasteiger partial charge on any atom is -0.394 e. The fourth-order valence-corrected chi connectivity index (χ4v) is 11.5. The van der Waals surface area contributed by atoms with Crippen molar-refractivity contribution >= 4 is 5.91 Å². The first-order chi connectivity index (χ1) is 37.5. The molecule has 6 nitrogen and oxygen atoms in total. The van der Waals surface area contributed by atoms with E-state index in [9.17, 15) is 25.2 Å². The summed E-state index contributed by atoms with van der Waals surface area (Å²) >= 11 is 0. The maximum atomic E-state index is 12.7. The number of nitrogens with one attached hydrogen (secondary N) is 1. The molecule has 0 radical (unpaired) electrons. The van der Waals surface area contributed by atoms with Gasteiger partial charge in [-0.05, 0) is 38.5 Å². The Bertz CT molecular complexity index is 1120. The summed E-state index contributed by atoms with van der Waals surface area (Å²) in [5, 5.41) is 44.3. The Hall–Kier alpha value is -0.950.